The molecular weight excluding hydrogens is 218 g/mol. The van der Waals surface area contributed by atoms with Crippen LogP contribution in [0.3, 0.4) is 0 Å². The Labute approximate surface area is 99.8 Å². The van der Waals surface area contributed by atoms with Crippen molar-refractivity contribution >= 4 is 17.0 Å². The molecule has 2 heterocycles. The molecule has 0 aliphatic carbocycles. The fourth-order valence-electron chi connectivity index (χ4n) is 1.44. The minimum atomic E-state index is 0.0713. The third kappa shape index (κ3) is 2.64. The number of hydrogen-bond acceptors (Lipinski definition) is 5. The van der Waals surface area contributed by atoms with Gasteiger partial charge in [-0.25, -0.2) is 0 Å². The Morgan fingerprint density at radius 2 is 2.24 bits per heavy atom. The highest BCUT2D eigenvalue weighted by molar-refractivity contribution is 5.80. The van der Waals surface area contributed by atoms with Crippen LogP contribution in [0, 0.1) is 0 Å². The zero-order chi connectivity index (χ0) is 12.3. The second-order valence-electron chi connectivity index (χ2n) is 4.08. The van der Waals surface area contributed by atoms with Gasteiger partial charge < -0.3 is 10.1 Å². The molecule has 2 N–H and O–H groups in total. The summed E-state index contributed by atoms with van der Waals surface area (Å²) in [7, 11) is 0. The van der Waals surface area contributed by atoms with Crippen LogP contribution in [0.2, 0.25) is 0 Å². The van der Waals surface area contributed by atoms with Crippen LogP contribution in [0.25, 0.3) is 11.0 Å². The summed E-state index contributed by atoms with van der Waals surface area (Å²) in [6, 6.07) is 0. The lowest BCUT2D eigenvalue weighted by Crippen LogP contribution is -2.10. The van der Waals surface area contributed by atoms with E-state index in [0.717, 1.165) is 18.4 Å². The first-order valence-corrected chi connectivity index (χ1v) is 5.82. The van der Waals surface area contributed by atoms with Gasteiger partial charge in [0.2, 0.25) is 11.8 Å². The van der Waals surface area contributed by atoms with Crippen molar-refractivity contribution in [3.8, 4) is 5.88 Å². The van der Waals surface area contributed by atoms with Crippen LogP contribution in [0.4, 0.5) is 5.95 Å². The zero-order valence-corrected chi connectivity index (χ0v) is 10.3. The fraction of sp³-hybridized carbons (Fsp3) is 0.545. The summed E-state index contributed by atoms with van der Waals surface area (Å²) >= 11 is 0. The normalized spacial score (nSPS) is 11.1. The molecule has 0 aromatic carbocycles. The predicted octanol–water partition coefficient (Wildman–Crippen LogP) is 1.96. The number of hydrogen-bond donors (Lipinski definition) is 2. The van der Waals surface area contributed by atoms with Crippen molar-refractivity contribution in [2.45, 2.75) is 33.3 Å². The molecule has 0 fully saturated rings. The largest absolute Gasteiger partial charge is 0.474 e. The van der Waals surface area contributed by atoms with Crippen molar-refractivity contribution in [3.63, 3.8) is 0 Å². The van der Waals surface area contributed by atoms with E-state index < -0.39 is 0 Å². The summed E-state index contributed by atoms with van der Waals surface area (Å²) in [5, 5.41) is 10.7. The quantitative estimate of drug-likeness (QED) is 0.828. The first kappa shape index (κ1) is 11.6. The number of H-pyrrole nitrogens is 1. The molecule has 2 aromatic rings. The van der Waals surface area contributed by atoms with Crippen LogP contribution >= 0.6 is 0 Å². The van der Waals surface area contributed by atoms with E-state index in [1.165, 1.54) is 0 Å². The predicted molar refractivity (Wildman–Crippen MR) is 66.2 cm³/mol. The fourth-order valence-corrected chi connectivity index (χ4v) is 1.44. The molecule has 2 rings (SSSR count). The third-order valence-corrected chi connectivity index (χ3v) is 2.16. The molecule has 92 valence electrons. The number of nitrogens with one attached hydrogen (secondary N) is 2. The number of rotatable bonds is 5. The minimum absolute atomic E-state index is 0.0713. The molecule has 0 atom stereocenters. The molecule has 0 spiro atoms. The molecule has 0 bridgehead atoms. The maximum Gasteiger partial charge on any atom is 0.229 e. The number of aromatic nitrogens is 4. The Bertz CT molecular complexity index is 494. The monoisotopic (exact) mass is 235 g/mol. The van der Waals surface area contributed by atoms with Crippen LogP contribution in [-0.2, 0) is 0 Å². The second kappa shape index (κ2) is 4.99. The van der Waals surface area contributed by atoms with E-state index in [0.29, 0.717) is 17.5 Å². The Morgan fingerprint density at radius 1 is 1.41 bits per heavy atom. The van der Waals surface area contributed by atoms with E-state index in [4.69, 9.17) is 4.74 Å². The Morgan fingerprint density at radius 3 is 2.94 bits per heavy atom. The van der Waals surface area contributed by atoms with Gasteiger partial charge in [0.25, 0.3) is 0 Å². The second-order valence-corrected chi connectivity index (χ2v) is 4.08. The summed E-state index contributed by atoms with van der Waals surface area (Å²) in [5.41, 5.74) is 0.689. The number of aromatic amines is 1. The van der Waals surface area contributed by atoms with E-state index in [2.05, 4.69) is 32.4 Å². The summed E-state index contributed by atoms with van der Waals surface area (Å²) in [6.07, 6.45) is 2.77. The molecule has 0 unspecified atom stereocenters. The molecule has 0 saturated carbocycles. The number of nitrogens with zero attached hydrogens (tertiary/aromatic N) is 3. The molecule has 0 aliphatic rings. The first-order chi connectivity index (χ1) is 8.20. The smallest absolute Gasteiger partial charge is 0.229 e. The average molecular weight is 235 g/mol. The van der Waals surface area contributed by atoms with E-state index in [-0.39, 0.29) is 6.10 Å². The van der Waals surface area contributed by atoms with Gasteiger partial charge in [0, 0.05) is 6.54 Å². The van der Waals surface area contributed by atoms with Crippen molar-refractivity contribution in [1.29, 1.82) is 0 Å². The van der Waals surface area contributed by atoms with E-state index in [1.54, 1.807) is 6.20 Å². The highest BCUT2D eigenvalue weighted by atomic mass is 16.5. The van der Waals surface area contributed by atoms with Gasteiger partial charge in [-0.3, -0.25) is 5.10 Å². The highest BCUT2D eigenvalue weighted by Gasteiger charge is 2.11. The molecule has 0 saturated heterocycles. The maximum absolute atomic E-state index is 5.66. The van der Waals surface area contributed by atoms with Crippen LogP contribution in [0.15, 0.2) is 6.20 Å². The summed E-state index contributed by atoms with van der Waals surface area (Å²) in [6.45, 7) is 6.86. The topological polar surface area (TPSA) is 75.7 Å². The standard InChI is InChI=1S/C11H17N5O/c1-4-5-12-11-14-9-8(6-13-16-9)10(15-11)17-7(2)3/h6-7H,4-5H2,1-3H3,(H2,12,13,14,15,16). The van der Waals surface area contributed by atoms with E-state index in [1.807, 2.05) is 13.8 Å². The van der Waals surface area contributed by atoms with Crippen molar-refractivity contribution in [1.82, 2.24) is 20.2 Å². The van der Waals surface area contributed by atoms with Crippen LogP contribution in [-0.4, -0.2) is 32.8 Å². The van der Waals surface area contributed by atoms with Gasteiger partial charge in [-0.1, -0.05) is 6.92 Å². The molecule has 17 heavy (non-hydrogen) atoms. The molecule has 0 aliphatic heterocycles. The Hall–Kier alpha value is -1.85. The van der Waals surface area contributed by atoms with Gasteiger partial charge in [0.15, 0.2) is 5.65 Å². The van der Waals surface area contributed by atoms with Gasteiger partial charge in [-0.15, -0.1) is 0 Å². The highest BCUT2D eigenvalue weighted by Crippen LogP contribution is 2.22. The zero-order valence-electron chi connectivity index (χ0n) is 10.3. The molecule has 2 aromatic heterocycles. The average Bonchev–Trinajstić information content (AvgIpc) is 2.73. The van der Waals surface area contributed by atoms with Gasteiger partial charge >= 0.3 is 0 Å². The number of fused-ring (bicyclic) bond motifs is 1. The lowest BCUT2D eigenvalue weighted by molar-refractivity contribution is 0.236. The lowest BCUT2D eigenvalue weighted by Gasteiger charge is -2.10. The van der Waals surface area contributed by atoms with Crippen LogP contribution in [0.1, 0.15) is 27.2 Å². The summed E-state index contributed by atoms with van der Waals surface area (Å²) < 4.78 is 5.66. The maximum atomic E-state index is 5.66. The van der Waals surface area contributed by atoms with Gasteiger partial charge in [-0.05, 0) is 20.3 Å². The Kier molecular flexibility index (Phi) is 3.41. The van der Waals surface area contributed by atoms with E-state index >= 15 is 0 Å². The SMILES string of the molecule is CCCNc1nc(OC(C)C)c2cn[nH]c2n1. The van der Waals surface area contributed by atoms with Gasteiger partial charge in [0.05, 0.1) is 12.3 Å². The van der Waals surface area contributed by atoms with Crippen molar-refractivity contribution in [3.05, 3.63) is 6.20 Å². The molecular formula is C11H17N5O. The minimum Gasteiger partial charge on any atom is -0.474 e. The van der Waals surface area contributed by atoms with Crippen molar-refractivity contribution < 1.29 is 4.74 Å². The van der Waals surface area contributed by atoms with Gasteiger partial charge in [-0.2, -0.15) is 15.1 Å². The lowest BCUT2D eigenvalue weighted by atomic mass is 10.4. The summed E-state index contributed by atoms with van der Waals surface area (Å²) in [5.74, 6) is 1.14. The third-order valence-electron chi connectivity index (χ3n) is 2.16. The number of ether oxygens (including phenoxy) is 1. The first-order valence-electron chi connectivity index (χ1n) is 5.82. The molecule has 0 amide bonds. The molecule has 6 nitrogen and oxygen atoms in total. The van der Waals surface area contributed by atoms with Crippen LogP contribution < -0.4 is 10.1 Å². The number of anilines is 1. The van der Waals surface area contributed by atoms with Crippen molar-refractivity contribution in [2.75, 3.05) is 11.9 Å². The Balaban J connectivity index is 2.36. The van der Waals surface area contributed by atoms with E-state index in [9.17, 15) is 0 Å². The van der Waals surface area contributed by atoms with Crippen molar-refractivity contribution in [2.24, 2.45) is 0 Å². The summed E-state index contributed by atoms with van der Waals surface area (Å²) in [4.78, 5) is 8.67. The van der Waals surface area contributed by atoms with Gasteiger partial charge in [0.1, 0.15) is 5.39 Å². The van der Waals surface area contributed by atoms with Crippen LogP contribution in [0.5, 0.6) is 5.88 Å². The molecule has 6 heteroatoms. The molecule has 0 radical (unpaired) electrons.